The fourth-order valence-electron chi connectivity index (χ4n) is 3.12. The Morgan fingerprint density at radius 1 is 1.03 bits per heavy atom. The van der Waals surface area contributed by atoms with Crippen molar-refractivity contribution in [3.8, 4) is 11.5 Å². The van der Waals surface area contributed by atoms with Gasteiger partial charge in [-0.15, -0.1) is 0 Å². The number of hydrogen-bond donors (Lipinski definition) is 2. The van der Waals surface area contributed by atoms with E-state index in [0.29, 0.717) is 43.6 Å². The molecule has 1 heterocycles. The smallest absolute Gasteiger partial charge is 0.243 e. The average molecular weight is 415 g/mol. The summed E-state index contributed by atoms with van der Waals surface area (Å²) in [5.74, 6) is 1.15. The minimum Gasteiger partial charge on any atom is -0.489 e. The van der Waals surface area contributed by atoms with Crippen molar-refractivity contribution in [1.29, 1.82) is 0 Å². The van der Waals surface area contributed by atoms with Crippen molar-refractivity contribution in [2.24, 2.45) is 0 Å². The van der Waals surface area contributed by atoms with Gasteiger partial charge in [0.05, 0.1) is 30.6 Å². The molecule has 1 saturated heterocycles. The molecule has 1 amide bonds. The highest BCUT2D eigenvalue weighted by molar-refractivity contribution is 5.95. The largest absolute Gasteiger partial charge is 0.489 e. The van der Waals surface area contributed by atoms with Gasteiger partial charge < -0.3 is 29.6 Å². The molecule has 2 N–H and O–H groups in total. The van der Waals surface area contributed by atoms with Crippen molar-refractivity contribution in [2.45, 2.75) is 25.9 Å². The molecule has 7 nitrogen and oxygen atoms in total. The van der Waals surface area contributed by atoms with Gasteiger partial charge in [0.1, 0.15) is 24.7 Å². The number of amides is 1. The highest BCUT2D eigenvalue weighted by atomic mass is 16.5. The van der Waals surface area contributed by atoms with Gasteiger partial charge in [-0.05, 0) is 44.0 Å². The Morgan fingerprint density at radius 2 is 1.77 bits per heavy atom. The summed E-state index contributed by atoms with van der Waals surface area (Å²) in [5, 5.41) is 6.04. The Bertz CT molecular complexity index is 793. The summed E-state index contributed by atoms with van der Waals surface area (Å²) in [5.41, 5.74) is 1.40. The SMILES string of the molecule is CCOCCOc1ccccc1NCC(=O)Nc1ccccc1OCC1CCCO1. The van der Waals surface area contributed by atoms with Gasteiger partial charge in [0, 0.05) is 13.2 Å². The summed E-state index contributed by atoms with van der Waals surface area (Å²) < 4.78 is 22.5. The molecule has 0 radical (unpaired) electrons. The molecule has 0 saturated carbocycles. The lowest BCUT2D eigenvalue weighted by atomic mass is 10.2. The quantitative estimate of drug-likeness (QED) is 0.516. The fourth-order valence-corrected chi connectivity index (χ4v) is 3.12. The summed E-state index contributed by atoms with van der Waals surface area (Å²) >= 11 is 0. The first-order valence-electron chi connectivity index (χ1n) is 10.4. The number of para-hydroxylation sites is 4. The fraction of sp³-hybridized carbons (Fsp3) is 0.435. The van der Waals surface area contributed by atoms with Crippen molar-refractivity contribution in [2.75, 3.05) is 50.2 Å². The molecule has 0 aliphatic carbocycles. The van der Waals surface area contributed by atoms with E-state index in [9.17, 15) is 4.79 Å². The summed E-state index contributed by atoms with van der Waals surface area (Å²) in [4.78, 5) is 12.5. The third-order valence-corrected chi connectivity index (χ3v) is 4.63. The number of ether oxygens (including phenoxy) is 4. The maximum atomic E-state index is 12.5. The highest BCUT2D eigenvalue weighted by Crippen LogP contribution is 2.26. The summed E-state index contributed by atoms with van der Waals surface area (Å²) in [7, 11) is 0. The van der Waals surface area contributed by atoms with Gasteiger partial charge in [0.25, 0.3) is 0 Å². The van der Waals surface area contributed by atoms with Gasteiger partial charge in [-0.1, -0.05) is 24.3 Å². The van der Waals surface area contributed by atoms with Gasteiger partial charge in [0.15, 0.2) is 0 Å². The highest BCUT2D eigenvalue weighted by Gasteiger charge is 2.17. The number of benzene rings is 2. The molecule has 1 aliphatic rings. The van der Waals surface area contributed by atoms with Crippen LogP contribution in [0.15, 0.2) is 48.5 Å². The number of carbonyl (C=O) groups excluding carboxylic acids is 1. The zero-order chi connectivity index (χ0) is 21.0. The number of carbonyl (C=O) groups is 1. The molecular weight excluding hydrogens is 384 g/mol. The van der Waals surface area contributed by atoms with Crippen molar-refractivity contribution in [3.63, 3.8) is 0 Å². The van der Waals surface area contributed by atoms with E-state index < -0.39 is 0 Å². The van der Waals surface area contributed by atoms with Gasteiger partial charge in [-0.2, -0.15) is 0 Å². The lowest BCUT2D eigenvalue weighted by Gasteiger charge is -2.16. The van der Waals surface area contributed by atoms with Crippen LogP contribution in [-0.4, -0.2) is 51.6 Å². The molecule has 2 aromatic rings. The average Bonchev–Trinajstić information content (AvgIpc) is 3.29. The van der Waals surface area contributed by atoms with Crippen LogP contribution in [0, 0.1) is 0 Å². The molecule has 0 aromatic heterocycles. The molecule has 1 atom stereocenters. The van der Waals surface area contributed by atoms with E-state index in [-0.39, 0.29) is 18.6 Å². The van der Waals surface area contributed by atoms with E-state index >= 15 is 0 Å². The van der Waals surface area contributed by atoms with Crippen LogP contribution >= 0.6 is 0 Å². The van der Waals surface area contributed by atoms with Crippen molar-refractivity contribution in [1.82, 2.24) is 0 Å². The lowest BCUT2D eigenvalue weighted by Crippen LogP contribution is -2.23. The number of anilines is 2. The van der Waals surface area contributed by atoms with Crippen molar-refractivity contribution in [3.05, 3.63) is 48.5 Å². The third-order valence-electron chi connectivity index (χ3n) is 4.63. The van der Waals surface area contributed by atoms with Gasteiger partial charge in [0.2, 0.25) is 5.91 Å². The van der Waals surface area contributed by atoms with Crippen LogP contribution in [0.2, 0.25) is 0 Å². The van der Waals surface area contributed by atoms with E-state index in [1.165, 1.54) is 0 Å². The maximum Gasteiger partial charge on any atom is 0.243 e. The first-order valence-corrected chi connectivity index (χ1v) is 10.4. The number of rotatable bonds is 12. The molecule has 0 spiro atoms. The number of nitrogens with one attached hydrogen (secondary N) is 2. The van der Waals surface area contributed by atoms with E-state index in [0.717, 1.165) is 25.1 Å². The van der Waals surface area contributed by atoms with Crippen LogP contribution in [-0.2, 0) is 14.3 Å². The Hall–Kier alpha value is -2.77. The Labute approximate surface area is 177 Å². The third kappa shape index (κ3) is 6.93. The molecule has 1 fully saturated rings. The minimum absolute atomic E-state index is 0.103. The monoisotopic (exact) mass is 414 g/mol. The van der Waals surface area contributed by atoms with Crippen LogP contribution in [0.4, 0.5) is 11.4 Å². The lowest BCUT2D eigenvalue weighted by molar-refractivity contribution is -0.114. The van der Waals surface area contributed by atoms with Crippen LogP contribution in [0.25, 0.3) is 0 Å². The van der Waals surface area contributed by atoms with Crippen LogP contribution < -0.4 is 20.1 Å². The molecule has 162 valence electrons. The van der Waals surface area contributed by atoms with Gasteiger partial charge in [-0.3, -0.25) is 4.79 Å². The standard InChI is InChI=1S/C23H30N2O5/c1-2-27-14-15-29-21-11-5-3-9-19(21)24-16-23(26)25-20-10-4-6-12-22(20)30-17-18-8-7-13-28-18/h3-6,9-12,18,24H,2,7-8,13-17H2,1H3,(H,25,26). The van der Waals surface area contributed by atoms with E-state index in [4.69, 9.17) is 18.9 Å². The van der Waals surface area contributed by atoms with Crippen molar-refractivity contribution >= 4 is 17.3 Å². The topological polar surface area (TPSA) is 78.1 Å². The molecule has 1 unspecified atom stereocenters. The first-order chi connectivity index (χ1) is 14.8. The molecule has 1 aliphatic heterocycles. The Kier molecular flexibility index (Phi) is 8.80. The normalized spacial score (nSPS) is 15.6. The molecule has 3 rings (SSSR count). The Balaban J connectivity index is 1.50. The summed E-state index contributed by atoms with van der Waals surface area (Å²) in [6.07, 6.45) is 2.19. The Morgan fingerprint density at radius 3 is 2.50 bits per heavy atom. The summed E-state index contributed by atoms with van der Waals surface area (Å²) in [6, 6.07) is 14.9. The molecule has 0 bridgehead atoms. The van der Waals surface area contributed by atoms with Gasteiger partial charge >= 0.3 is 0 Å². The van der Waals surface area contributed by atoms with E-state index in [2.05, 4.69) is 10.6 Å². The van der Waals surface area contributed by atoms with E-state index in [1.54, 1.807) is 0 Å². The van der Waals surface area contributed by atoms with E-state index in [1.807, 2.05) is 55.5 Å². The first kappa shape index (κ1) is 21.9. The predicted molar refractivity (Wildman–Crippen MR) is 116 cm³/mol. The van der Waals surface area contributed by atoms with Crippen molar-refractivity contribution < 1.29 is 23.7 Å². The molecule has 2 aromatic carbocycles. The van der Waals surface area contributed by atoms with Crippen LogP contribution in [0.5, 0.6) is 11.5 Å². The summed E-state index contributed by atoms with van der Waals surface area (Å²) in [6.45, 7) is 4.95. The zero-order valence-corrected chi connectivity index (χ0v) is 17.4. The maximum absolute atomic E-state index is 12.5. The van der Waals surface area contributed by atoms with Gasteiger partial charge in [-0.25, -0.2) is 0 Å². The molecule has 30 heavy (non-hydrogen) atoms. The predicted octanol–water partition coefficient (Wildman–Crippen LogP) is 3.71. The number of hydrogen-bond acceptors (Lipinski definition) is 6. The minimum atomic E-state index is -0.174. The van der Waals surface area contributed by atoms with Crippen LogP contribution in [0.1, 0.15) is 19.8 Å². The molecule has 7 heteroatoms. The zero-order valence-electron chi connectivity index (χ0n) is 17.4. The molecular formula is C23H30N2O5. The van der Waals surface area contributed by atoms with Crippen LogP contribution in [0.3, 0.4) is 0 Å². The second kappa shape index (κ2) is 12.0. The second-order valence-corrected chi connectivity index (χ2v) is 6.89. The second-order valence-electron chi connectivity index (χ2n) is 6.89.